The summed E-state index contributed by atoms with van der Waals surface area (Å²) in [7, 11) is 0.425. The molecule has 0 spiro atoms. The number of carbonyl (C=O) groups excluding carboxylic acids is 1. The number of carboxylic acid groups (broad SMARTS) is 1. The highest BCUT2D eigenvalue weighted by Gasteiger charge is 2.13. The normalized spacial score (nSPS) is 11.5. The molecule has 8 heteroatoms. The van der Waals surface area contributed by atoms with Crippen molar-refractivity contribution in [3.8, 4) is 5.75 Å². The maximum atomic E-state index is 11.6. The molecule has 110 valence electrons. The molecule has 1 atom stereocenters. The van der Waals surface area contributed by atoms with E-state index in [4.69, 9.17) is 9.84 Å². The van der Waals surface area contributed by atoms with Gasteiger partial charge < -0.3 is 20.5 Å². The number of nitrogens with one attached hydrogen (secondary N) is 2. The summed E-state index contributed by atoms with van der Waals surface area (Å²) in [5.41, 5.74) is 0.0898. The van der Waals surface area contributed by atoms with E-state index in [1.54, 1.807) is 6.07 Å². The summed E-state index contributed by atoms with van der Waals surface area (Å²) < 4.78 is 15.8. The van der Waals surface area contributed by atoms with Gasteiger partial charge in [0.25, 0.3) is 0 Å². The van der Waals surface area contributed by atoms with Gasteiger partial charge in [-0.25, -0.2) is 9.59 Å². The predicted octanol–water partition coefficient (Wildman–Crippen LogP) is 0.893. The molecule has 0 aliphatic carbocycles. The second kappa shape index (κ2) is 7.49. The van der Waals surface area contributed by atoms with E-state index >= 15 is 0 Å². The number of rotatable bonds is 6. The quantitative estimate of drug-likeness (QED) is 0.724. The molecule has 0 saturated carbocycles. The summed E-state index contributed by atoms with van der Waals surface area (Å²) >= 11 is 0. The first-order chi connectivity index (χ1) is 9.43. The Morgan fingerprint density at radius 1 is 1.40 bits per heavy atom. The SMILES string of the molecule is COc1ccc(NC(=O)NCCS(C)=O)c(C(=O)O)c1. The van der Waals surface area contributed by atoms with Gasteiger partial charge in [-0.15, -0.1) is 0 Å². The summed E-state index contributed by atoms with van der Waals surface area (Å²) in [6.07, 6.45) is 1.53. The molecule has 0 fully saturated rings. The summed E-state index contributed by atoms with van der Waals surface area (Å²) in [6, 6.07) is 3.75. The highest BCUT2D eigenvalue weighted by molar-refractivity contribution is 7.84. The van der Waals surface area contributed by atoms with Crippen LogP contribution in [0.4, 0.5) is 10.5 Å². The molecule has 2 amide bonds. The maximum Gasteiger partial charge on any atom is 0.337 e. The van der Waals surface area contributed by atoms with E-state index in [1.165, 1.54) is 25.5 Å². The zero-order valence-electron chi connectivity index (χ0n) is 11.1. The van der Waals surface area contributed by atoms with Crippen LogP contribution in [-0.2, 0) is 10.8 Å². The van der Waals surface area contributed by atoms with E-state index in [0.717, 1.165) is 0 Å². The first-order valence-corrected chi connectivity index (χ1v) is 7.43. The molecule has 1 aromatic rings. The maximum absolute atomic E-state index is 11.6. The Morgan fingerprint density at radius 2 is 2.10 bits per heavy atom. The van der Waals surface area contributed by atoms with Crippen molar-refractivity contribution in [2.45, 2.75) is 0 Å². The van der Waals surface area contributed by atoms with Crippen LogP contribution in [0.5, 0.6) is 5.75 Å². The van der Waals surface area contributed by atoms with E-state index < -0.39 is 22.8 Å². The van der Waals surface area contributed by atoms with E-state index in [2.05, 4.69) is 10.6 Å². The molecule has 1 rings (SSSR count). The van der Waals surface area contributed by atoms with Gasteiger partial charge in [0.15, 0.2) is 0 Å². The van der Waals surface area contributed by atoms with Crippen LogP contribution in [0.25, 0.3) is 0 Å². The largest absolute Gasteiger partial charge is 0.497 e. The molecule has 0 aliphatic heterocycles. The lowest BCUT2D eigenvalue weighted by molar-refractivity contribution is 0.0697. The monoisotopic (exact) mass is 300 g/mol. The Hall–Kier alpha value is -2.09. The number of urea groups is 1. The van der Waals surface area contributed by atoms with Crippen molar-refractivity contribution < 1.29 is 23.6 Å². The molecule has 0 saturated heterocycles. The Kier molecular flexibility index (Phi) is 5.98. The fourth-order valence-corrected chi connectivity index (χ4v) is 1.80. The van der Waals surface area contributed by atoms with Gasteiger partial charge in [-0.3, -0.25) is 4.21 Å². The van der Waals surface area contributed by atoms with Gasteiger partial charge >= 0.3 is 12.0 Å². The summed E-state index contributed by atoms with van der Waals surface area (Å²) in [5.74, 6) is -0.453. The smallest absolute Gasteiger partial charge is 0.337 e. The van der Waals surface area contributed by atoms with Crippen LogP contribution in [0.15, 0.2) is 18.2 Å². The van der Waals surface area contributed by atoms with E-state index in [9.17, 15) is 13.8 Å². The number of hydrogen-bond acceptors (Lipinski definition) is 4. The van der Waals surface area contributed by atoms with Crippen molar-refractivity contribution in [2.24, 2.45) is 0 Å². The van der Waals surface area contributed by atoms with Gasteiger partial charge in [0, 0.05) is 29.4 Å². The third-order valence-electron chi connectivity index (χ3n) is 2.38. The van der Waals surface area contributed by atoms with Gasteiger partial charge in [0.1, 0.15) is 5.75 Å². The lowest BCUT2D eigenvalue weighted by Gasteiger charge is -2.10. The summed E-state index contributed by atoms with van der Waals surface area (Å²) in [4.78, 5) is 22.7. The summed E-state index contributed by atoms with van der Waals surface area (Å²) in [5, 5.41) is 14.0. The van der Waals surface area contributed by atoms with Crippen molar-refractivity contribution in [1.82, 2.24) is 5.32 Å². The lowest BCUT2D eigenvalue weighted by atomic mass is 10.1. The van der Waals surface area contributed by atoms with E-state index in [1.807, 2.05) is 0 Å². The Morgan fingerprint density at radius 3 is 2.65 bits per heavy atom. The number of ether oxygens (including phenoxy) is 1. The molecule has 20 heavy (non-hydrogen) atoms. The Balaban J connectivity index is 2.73. The fourth-order valence-electron chi connectivity index (χ4n) is 1.41. The Bertz CT molecular complexity index is 533. The third-order valence-corrected chi connectivity index (χ3v) is 3.16. The van der Waals surface area contributed by atoms with Crippen molar-refractivity contribution in [2.75, 3.05) is 31.0 Å². The summed E-state index contributed by atoms with van der Waals surface area (Å²) in [6.45, 7) is 0.244. The zero-order valence-corrected chi connectivity index (χ0v) is 12.0. The van der Waals surface area contributed by atoms with E-state index in [0.29, 0.717) is 11.5 Å². The lowest BCUT2D eigenvalue weighted by Crippen LogP contribution is -2.32. The number of aromatic carboxylic acids is 1. The third kappa shape index (κ3) is 4.88. The number of anilines is 1. The molecule has 0 radical (unpaired) electrons. The molecule has 0 bridgehead atoms. The van der Waals surface area contributed by atoms with Gasteiger partial charge in [0.05, 0.1) is 18.4 Å². The number of carboxylic acids is 1. The standard InChI is InChI=1S/C12H16N2O5S/c1-19-8-3-4-10(9(7-8)11(15)16)14-12(17)13-5-6-20(2)18/h3-4,7H,5-6H2,1-2H3,(H,15,16)(H2,13,14,17). The second-order valence-electron chi connectivity index (χ2n) is 3.87. The molecule has 0 aromatic heterocycles. The minimum Gasteiger partial charge on any atom is -0.497 e. The van der Waals surface area contributed by atoms with Crippen molar-refractivity contribution in [3.63, 3.8) is 0 Å². The minimum atomic E-state index is -1.17. The number of carbonyl (C=O) groups is 2. The van der Waals surface area contributed by atoms with Gasteiger partial charge in [-0.1, -0.05) is 0 Å². The second-order valence-corrected chi connectivity index (χ2v) is 5.43. The number of hydrogen-bond donors (Lipinski definition) is 3. The van der Waals surface area contributed by atoms with Gasteiger partial charge in [-0.2, -0.15) is 0 Å². The molecule has 0 aliphatic rings. The van der Waals surface area contributed by atoms with Crippen LogP contribution in [0, 0.1) is 0 Å². The first kappa shape index (κ1) is 16.0. The number of methoxy groups -OCH3 is 1. The highest BCUT2D eigenvalue weighted by Crippen LogP contribution is 2.21. The molecule has 1 aromatic carbocycles. The van der Waals surface area contributed by atoms with Crippen LogP contribution in [0.2, 0.25) is 0 Å². The average molecular weight is 300 g/mol. The predicted molar refractivity (Wildman–Crippen MR) is 75.9 cm³/mol. The van der Waals surface area contributed by atoms with Crippen LogP contribution in [-0.4, -0.2) is 47.0 Å². The van der Waals surface area contributed by atoms with Crippen molar-refractivity contribution >= 4 is 28.5 Å². The Labute approximate surface area is 118 Å². The van der Waals surface area contributed by atoms with Crippen molar-refractivity contribution in [1.29, 1.82) is 0 Å². The number of amides is 2. The van der Waals surface area contributed by atoms with Crippen LogP contribution in [0.1, 0.15) is 10.4 Å². The molecular formula is C12H16N2O5S. The molecule has 1 unspecified atom stereocenters. The van der Waals surface area contributed by atoms with Crippen LogP contribution < -0.4 is 15.4 Å². The average Bonchev–Trinajstić information content (AvgIpc) is 2.38. The molecular weight excluding hydrogens is 284 g/mol. The topological polar surface area (TPSA) is 105 Å². The molecule has 0 heterocycles. The van der Waals surface area contributed by atoms with E-state index in [-0.39, 0.29) is 17.8 Å². The van der Waals surface area contributed by atoms with Gasteiger partial charge in [-0.05, 0) is 18.2 Å². The molecule has 7 nitrogen and oxygen atoms in total. The number of benzene rings is 1. The minimum absolute atomic E-state index is 0.0708. The van der Waals surface area contributed by atoms with Crippen molar-refractivity contribution in [3.05, 3.63) is 23.8 Å². The molecule has 3 N–H and O–H groups in total. The first-order valence-electron chi connectivity index (χ1n) is 5.70. The fraction of sp³-hybridized carbons (Fsp3) is 0.333. The van der Waals surface area contributed by atoms with Crippen LogP contribution >= 0.6 is 0 Å². The highest BCUT2D eigenvalue weighted by atomic mass is 32.2. The van der Waals surface area contributed by atoms with Gasteiger partial charge in [0.2, 0.25) is 0 Å². The van der Waals surface area contributed by atoms with Crippen LogP contribution in [0.3, 0.4) is 0 Å². The zero-order chi connectivity index (χ0) is 15.1.